The third-order valence-corrected chi connectivity index (χ3v) is 8.26. The number of hydrogen-bond acceptors (Lipinski definition) is 2. The van der Waals surface area contributed by atoms with E-state index in [0.29, 0.717) is 17.8 Å². The summed E-state index contributed by atoms with van der Waals surface area (Å²) < 4.78 is 0. The van der Waals surface area contributed by atoms with Crippen LogP contribution in [0.15, 0.2) is 11.6 Å². The lowest BCUT2D eigenvalue weighted by Crippen LogP contribution is -2.64. The minimum Gasteiger partial charge on any atom is -0.393 e. The summed E-state index contributed by atoms with van der Waals surface area (Å²) in [6.45, 7) is 9.33. The van der Waals surface area contributed by atoms with Crippen LogP contribution in [0.4, 0.5) is 0 Å². The maximum atomic E-state index is 11.1. The van der Waals surface area contributed by atoms with Gasteiger partial charge in [0.15, 0.2) is 0 Å². The van der Waals surface area contributed by atoms with Crippen LogP contribution in [0.2, 0.25) is 0 Å². The summed E-state index contributed by atoms with van der Waals surface area (Å²) in [6.07, 6.45) is 8.69. The summed E-state index contributed by atoms with van der Waals surface area (Å²) in [7, 11) is 0. The van der Waals surface area contributed by atoms with Crippen LogP contribution >= 0.6 is 0 Å². The van der Waals surface area contributed by atoms with E-state index in [1.165, 1.54) is 31.3 Å². The van der Waals surface area contributed by atoms with E-state index in [-0.39, 0.29) is 28.5 Å². The van der Waals surface area contributed by atoms with E-state index < -0.39 is 0 Å². The molecule has 0 radical (unpaired) electrons. The zero-order valence-electron chi connectivity index (χ0n) is 14.6. The summed E-state index contributed by atoms with van der Waals surface area (Å²) in [6, 6.07) is 0. The first-order valence-electron chi connectivity index (χ1n) is 9.28. The molecule has 0 aromatic rings. The van der Waals surface area contributed by atoms with Crippen LogP contribution in [0, 0.1) is 34.0 Å². The second-order valence-corrected chi connectivity index (χ2v) is 9.78. The first-order chi connectivity index (χ1) is 10.2. The molecule has 3 saturated carbocycles. The van der Waals surface area contributed by atoms with Crippen LogP contribution in [0.25, 0.3) is 0 Å². The molecule has 0 heterocycles. The minimum absolute atomic E-state index is 0.148. The summed E-state index contributed by atoms with van der Waals surface area (Å²) in [5.74, 6) is 1.26. The summed E-state index contributed by atoms with van der Waals surface area (Å²) in [5.41, 5.74) is 1.62. The molecule has 4 aliphatic carbocycles. The van der Waals surface area contributed by atoms with Crippen molar-refractivity contribution in [2.45, 2.75) is 78.4 Å². The van der Waals surface area contributed by atoms with Crippen molar-refractivity contribution in [1.29, 1.82) is 0 Å². The highest BCUT2D eigenvalue weighted by molar-refractivity contribution is 5.31. The van der Waals surface area contributed by atoms with Crippen molar-refractivity contribution in [3.05, 3.63) is 11.6 Å². The lowest BCUT2D eigenvalue weighted by Gasteiger charge is -2.66. The van der Waals surface area contributed by atoms with Gasteiger partial charge in [-0.05, 0) is 61.7 Å². The third-order valence-electron chi connectivity index (χ3n) is 8.26. The van der Waals surface area contributed by atoms with Crippen LogP contribution in [-0.4, -0.2) is 22.4 Å². The van der Waals surface area contributed by atoms with Gasteiger partial charge in [-0.15, -0.1) is 0 Å². The van der Waals surface area contributed by atoms with E-state index in [1.54, 1.807) is 0 Å². The molecule has 1 spiro atoms. The van der Waals surface area contributed by atoms with Crippen molar-refractivity contribution >= 4 is 0 Å². The number of hydrogen-bond donors (Lipinski definition) is 2. The maximum absolute atomic E-state index is 11.1. The number of aliphatic hydroxyl groups is 2. The normalized spacial score (nSPS) is 56.1. The molecule has 2 nitrogen and oxygen atoms in total. The Bertz CT molecular complexity index is 522. The standard InChI is InChI=1S/C20H32O2/c1-12-10-20-11-14(21)16-18(2,3)8-5-9-19(16,4)15(20)7-6-13(12)17(20)22/h10,13-17,21-22H,5-9,11H2,1-4H3. The van der Waals surface area contributed by atoms with E-state index in [4.69, 9.17) is 0 Å². The molecule has 0 aromatic carbocycles. The van der Waals surface area contributed by atoms with E-state index in [9.17, 15) is 10.2 Å². The Hall–Kier alpha value is -0.340. The molecular weight excluding hydrogens is 272 g/mol. The summed E-state index contributed by atoms with van der Waals surface area (Å²) >= 11 is 0. The molecule has 0 amide bonds. The fraction of sp³-hybridized carbons (Fsp3) is 0.900. The van der Waals surface area contributed by atoms with Crippen LogP contribution in [0.5, 0.6) is 0 Å². The van der Waals surface area contributed by atoms with Gasteiger partial charge < -0.3 is 10.2 Å². The lowest BCUT2D eigenvalue weighted by atomic mass is 9.40. The highest BCUT2D eigenvalue weighted by Gasteiger charge is 2.67. The van der Waals surface area contributed by atoms with Crippen LogP contribution in [-0.2, 0) is 0 Å². The Kier molecular flexibility index (Phi) is 3.03. The first kappa shape index (κ1) is 15.2. The van der Waals surface area contributed by atoms with Crippen molar-refractivity contribution in [3.8, 4) is 0 Å². The number of fused-ring (bicyclic) bond motifs is 3. The van der Waals surface area contributed by atoms with Gasteiger partial charge in [0.1, 0.15) is 0 Å². The van der Waals surface area contributed by atoms with E-state index in [0.717, 1.165) is 12.8 Å². The van der Waals surface area contributed by atoms with E-state index >= 15 is 0 Å². The molecule has 4 aliphatic rings. The molecule has 124 valence electrons. The Labute approximate surface area is 135 Å². The average molecular weight is 304 g/mol. The molecule has 2 heteroatoms. The Balaban J connectivity index is 1.84. The van der Waals surface area contributed by atoms with Gasteiger partial charge in [0.05, 0.1) is 12.2 Å². The SMILES string of the molecule is CC1=CC23CC(O)C4C(C)(C)CCCC4(C)C2CCC1C3O. The van der Waals surface area contributed by atoms with Crippen molar-refractivity contribution in [3.63, 3.8) is 0 Å². The highest BCUT2D eigenvalue weighted by Crippen LogP contribution is 2.70. The fourth-order valence-electron chi connectivity index (χ4n) is 7.77. The van der Waals surface area contributed by atoms with Crippen molar-refractivity contribution in [1.82, 2.24) is 0 Å². The largest absolute Gasteiger partial charge is 0.393 e. The molecule has 2 bridgehead atoms. The third kappa shape index (κ3) is 1.64. The smallest absolute Gasteiger partial charge is 0.0699 e. The maximum Gasteiger partial charge on any atom is 0.0699 e. The van der Waals surface area contributed by atoms with Gasteiger partial charge in [-0.2, -0.15) is 0 Å². The van der Waals surface area contributed by atoms with Gasteiger partial charge in [0.2, 0.25) is 0 Å². The number of rotatable bonds is 0. The molecule has 4 rings (SSSR count). The predicted molar refractivity (Wildman–Crippen MR) is 88.3 cm³/mol. The molecule has 2 N–H and O–H groups in total. The van der Waals surface area contributed by atoms with Gasteiger partial charge in [-0.1, -0.05) is 38.8 Å². The molecule has 22 heavy (non-hydrogen) atoms. The zero-order chi connectivity index (χ0) is 15.9. The molecule has 0 saturated heterocycles. The van der Waals surface area contributed by atoms with Gasteiger partial charge in [-0.3, -0.25) is 0 Å². The van der Waals surface area contributed by atoms with Gasteiger partial charge in [-0.25, -0.2) is 0 Å². The molecule has 7 atom stereocenters. The van der Waals surface area contributed by atoms with Crippen LogP contribution < -0.4 is 0 Å². The molecule has 0 aromatic heterocycles. The van der Waals surface area contributed by atoms with Crippen molar-refractivity contribution in [2.24, 2.45) is 34.0 Å². The Morgan fingerprint density at radius 2 is 1.82 bits per heavy atom. The van der Waals surface area contributed by atoms with Crippen molar-refractivity contribution < 1.29 is 10.2 Å². The lowest BCUT2D eigenvalue weighted by molar-refractivity contribution is -0.214. The zero-order valence-corrected chi connectivity index (χ0v) is 14.6. The average Bonchev–Trinajstić information content (AvgIpc) is 2.54. The molecule has 7 unspecified atom stereocenters. The number of aliphatic hydroxyl groups excluding tert-OH is 2. The van der Waals surface area contributed by atoms with Crippen LogP contribution in [0.3, 0.4) is 0 Å². The molecule has 0 aliphatic heterocycles. The highest BCUT2D eigenvalue weighted by atomic mass is 16.3. The Morgan fingerprint density at radius 1 is 1.09 bits per heavy atom. The monoisotopic (exact) mass is 304 g/mol. The van der Waals surface area contributed by atoms with Crippen molar-refractivity contribution in [2.75, 3.05) is 0 Å². The van der Waals surface area contributed by atoms with Gasteiger partial charge >= 0.3 is 0 Å². The second-order valence-electron chi connectivity index (χ2n) is 9.78. The second kappa shape index (κ2) is 4.39. The van der Waals surface area contributed by atoms with E-state index in [2.05, 4.69) is 33.8 Å². The first-order valence-corrected chi connectivity index (χ1v) is 9.28. The van der Waals surface area contributed by atoms with Crippen LogP contribution in [0.1, 0.15) is 66.2 Å². The topological polar surface area (TPSA) is 40.5 Å². The molecule has 3 fully saturated rings. The minimum atomic E-state index is -0.271. The van der Waals surface area contributed by atoms with Gasteiger partial charge in [0, 0.05) is 11.3 Å². The predicted octanol–water partition coefficient (Wildman–Crippen LogP) is 3.92. The summed E-state index contributed by atoms with van der Waals surface area (Å²) in [4.78, 5) is 0. The Morgan fingerprint density at radius 3 is 2.55 bits per heavy atom. The van der Waals surface area contributed by atoms with Gasteiger partial charge in [0.25, 0.3) is 0 Å². The quantitative estimate of drug-likeness (QED) is 0.666. The molecular formula is C20H32O2. The summed E-state index contributed by atoms with van der Waals surface area (Å²) in [5, 5.41) is 22.2. The fourth-order valence-corrected chi connectivity index (χ4v) is 7.77. The van der Waals surface area contributed by atoms with E-state index in [1.807, 2.05) is 0 Å².